The number of ether oxygens (including phenoxy) is 1. The topological polar surface area (TPSA) is 90.9 Å². The molecule has 7 nitrogen and oxygen atoms in total. The highest BCUT2D eigenvalue weighted by atomic mass is 16.5. The lowest BCUT2D eigenvalue weighted by molar-refractivity contribution is -0.117. The highest BCUT2D eigenvalue weighted by Gasteiger charge is 2.31. The van der Waals surface area contributed by atoms with E-state index in [4.69, 9.17) is 9.84 Å². The monoisotopic (exact) mass is 307 g/mol. The zero-order chi connectivity index (χ0) is 15.9. The van der Waals surface area contributed by atoms with Crippen molar-refractivity contribution < 1.29 is 19.4 Å². The van der Waals surface area contributed by atoms with Crippen LogP contribution in [0.2, 0.25) is 0 Å². The van der Waals surface area contributed by atoms with E-state index < -0.39 is 0 Å². The van der Waals surface area contributed by atoms with Gasteiger partial charge in [0, 0.05) is 25.2 Å². The van der Waals surface area contributed by atoms with Gasteiger partial charge in [0.2, 0.25) is 5.91 Å². The Kier molecular flexibility index (Phi) is 5.60. The number of hydrogen-bond donors (Lipinski definition) is 3. The predicted octanol–water partition coefficient (Wildman–Crippen LogP) is 0.482. The Morgan fingerprint density at radius 3 is 2.77 bits per heavy atom. The lowest BCUT2D eigenvalue weighted by atomic mass is 10.2. The molecule has 0 saturated carbocycles. The van der Waals surface area contributed by atoms with Gasteiger partial charge < -0.3 is 25.4 Å². The van der Waals surface area contributed by atoms with Crippen molar-refractivity contribution in [3.8, 4) is 5.75 Å². The Hall–Kier alpha value is -2.28. The van der Waals surface area contributed by atoms with E-state index in [1.54, 1.807) is 4.90 Å². The second-order valence-corrected chi connectivity index (χ2v) is 4.96. The van der Waals surface area contributed by atoms with Gasteiger partial charge in [0.25, 0.3) is 0 Å². The molecule has 7 heteroatoms. The summed E-state index contributed by atoms with van der Waals surface area (Å²) in [6, 6.07) is 6.69. The summed E-state index contributed by atoms with van der Waals surface area (Å²) in [5, 5.41) is 13.9. The van der Waals surface area contributed by atoms with Crippen molar-refractivity contribution in [3.63, 3.8) is 0 Å². The number of nitrogens with zero attached hydrogens (tertiary/aromatic N) is 1. The number of rotatable bonds is 6. The van der Waals surface area contributed by atoms with Crippen molar-refractivity contribution >= 4 is 17.6 Å². The first-order chi connectivity index (χ1) is 10.6. The molecule has 1 aliphatic heterocycles. The van der Waals surface area contributed by atoms with Crippen LogP contribution in [0.1, 0.15) is 13.3 Å². The maximum Gasteiger partial charge on any atom is 0.315 e. The first-order valence-corrected chi connectivity index (χ1v) is 7.32. The van der Waals surface area contributed by atoms with Crippen LogP contribution in [0.4, 0.5) is 10.5 Å². The Morgan fingerprint density at radius 2 is 2.14 bits per heavy atom. The van der Waals surface area contributed by atoms with Crippen molar-refractivity contribution in [3.05, 3.63) is 24.3 Å². The molecule has 0 aromatic heterocycles. The first kappa shape index (κ1) is 16.1. The van der Waals surface area contributed by atoms with Crippen molar-refractivity contribution in [2.75, 3.05) is 31.2 Å². The molecule has 1 atom stereocenters. The maximum absolute atomic E-state index is 12.1. The van der Waals surface area contributed by atoms with Crippen LogP contribution >= 0.6 is 0 Å². The van der Waals surface area contributed by atoms with Gasteiger partial charge in [0.1, 0.15) is 5.75 Å². The van der Waals surface area contributed by atoms with Crippen LogP contribution in [0.3, 0.4) is 0 Å². The van der Waals surface area contributed by atoms with Gasteiger partial charge in [-0.25, -0.2) is 4.79 Å². The van der Waals surface area contributed by atoms with Crippen LogP contribution in [0.5, 0.6) is 5.75 Å². The fourth-order valence-electron chi connectivity index (χ4n) is 2.35. The summed E-state index contributed by atoms with van der Waals surface area (Å²) in [5.74, 6) is 0.729. The number of benzene rings is 1. The van der Waals surface area contributed by atoms with Crippen LogP contribution in [0, 0.1) is 0 Å². The van der Waals surface area contributed by atoms with Crippen molar-refractivity contribution in [2.45, 2.75) is 19.4 Å². The fraction of sp³-hybridized carbons (Fsp3) is 0.467. The normalized spacial score (nSPS) is 17.5. The third-order valence-electron chi connectivity index (χ3n) is 3.32. The van der Waals surface area contributed by atoms with E-state index in [2.05, 4.69) is 10.6 Å². The zero-order valence-electron chi connectivity index (χ0n) is 12.5. The summed E-state index contributed by atoms with van der Waals surface area (Å²) in [6.45, 7) is 3.01. The Labute approximate surface area is 129 Å². The summed E-state index contributed by atoms with van der Waals surface area (Å²) in [7, 11) is 0. The van der Waals surface area contributed by atoms with E-state index in [-0.39, 0.29) is 37.6 Å². The van der Waals surface area contributed by atoms with Crippen LogP contribution in [0.25, 0.3) is 0 Å². The molecule has 2 rings (SSSR count). The summed E-state index contributed by atoms with van der Waals surface area (Å²) in [4.78, 5) is 25.3. The molecule has 1 fully saturated rings. The molecule has 0 spiro atoms. The molecule has 22 heavy (non-hydrogen) atoms. The smallest absolute Gasteiger partial charge is 0.315 e. The van der Waals surface area contributed by atoms with Crippen LogP contribution < -0.4 is 20.3 Å². The number of carbonyl (C=O) groups excluding carboxylic acids is 2. The Morgan fingerprint density at radius 1 is 1.41 bits per heavy atom. The van der Waals surface area contributed by atoms with E-state index in [0.29, 0.717) is 13.2 Å². The average Bonchev–Trinajstić information content (AvgIpc) is 2.87. The molecule has 120 valence electrons. The lowest BCUT2D eigenvalue weighted by Gasteiger charge is -2.17. The molecule has 3 amide bonds. The van der Waals surface area contributed by atoms with Gasteiger partial charge in [-0.15, -0.1) is 0 Å². The molecule has 1 aliphatic rings. The molecular weight excluding hydrogens is 286 g/mol. The average molecular weight is 307 g/mol. The van der Waals surface area contributed by atoms with Gasteiger partial charge in [-0.3, -0.25) is 4.79 Å². The predicted molar refractivity (Wildman–Crippen MR) is 82.0 cm³/mol. The van der Waals surface area contributed by atoms with Crippen LogP contribution in [0.15, 0.2) is 24.3 Å². The highest BCUT2D eigenvalue weighted by molar-refractivity contribution is 5.96. The summed E-state index contributed by atoms with van der Waals surface area (Å²) in [5.41, 5.74) is 0.786. The summed E-state index contributed by atoms with van der Waals surface area (Å²) in [6.07, 6.45) is 0.264. The number of nitrogens with one attached hydrogen (secondary N) is 2. The molecular formula is C15H21N3O4. The van der Waals surface area contributed by atoms with Gasteiger partial charge in [-0.2, -0.15) is 0 Å². The zero-order valence-corrected chi connectivity index (χ0v) is 12.5. The van der Waals surface area contributed by atoms with Gasteiger partial charge in [0.15, 0.2) is 0 Å². The van der Waals surface area contributed by atoms with Gasteiger partial charge in [0.05, 0.1) is 19.3 Å². The number of aliphatic hydroxyl groups is 1. The second-order valence-electron chi connectivity index (χ2n) is 4.96. The summed E-state index contributed by atoms with van der Waals surface area (Å²) < 4.78 is 5.37. The Balaban J connectivity index is 1.93. The third kappa shape index (κ3) is 4.11. The molecule has 0 aliphatic carbocycles. The van der Waals surface area contributed by atoms with E-state index in [0.717, 1.165) is 11.4 Å². The third-order valence-corrected chi connectivity index (χ3v) is 3.32. The minimum Gasteiger partial charge on any atom is -0.494 e. The minimum atomic E-state index is -0.375. The molecule has 0 radical (unpaired) electrons. The van der Waals surface area contributed by atoms with Crippen molar-refractivity contribution in [2.24, 2.45) is 0 Å². The summed E-state index contributed by atoms with van der Waals surface area (Å²) >= 11 is 0. The molecule has 3 N–H and O–H groups in total. The molecule has 1 aromatic rings. The number of urea groups is 1. The Bertz CT molecular complexity index is 518. The van der Waals surface area contributed by atoms with Gasteiger partial charge >= 0.3 is 6.03 Å². The number of anilines is 1. The number of amides is 3. The van der Waals surface area contributed by atoms with E-state index in [1.807, 2.05) is 31.2 Å². The fourth-order valence-corrected chi connectivity index (χ4v) is 2.35. The molecule has 1 heterocycles. The maximum atomic E-state index is 12.1. The van der Waals surface area contributed by atoms with Crippen molar-refractivity contribution in [1.29, 1.82) is 0 Å². The van der Waals surface area contributed by atoms with E-state index in [1.165, 1.54) is 0 Å². The molecule has 1 aromatic carbocycles. The lowest BCUT2D eigenvalue weighted by Crippen LogP contribution is -2.44. The largest absolute Gasteiger partial charge is 0.494 e. The minimum absolute atomic E-state index is 0.0309. The van der Waals surface area contributed by atoms with E-state index in [9.17, 15) is 9.59 Å². The van der Waals surface area contributed by atoms with E-state index >= 15 is 0 Å². The van der Waals surface area contributed by atoms with Gasteiger partial charge in [-0.1, -0.05) is 0 Å². The molecule has 1 saturated heterocycles. The van der Waals surface area contributed by atoms with Gasteiger partial charge in [-0.05, 0) is 31.2 Å². The first-order valence-electron chi connectivity index (χ1n) is 7.32. The SMILES string of the molecule is CCOc1ccc(N2C[C@@H](NC(=O)NCCO)CC2=O)cc1. The van der Waals surface area contributed by atoms with Crippen molar-refractivity contribution in [1.82, 2.24) is 10.6 Å². The number of hydrogen-bond acceptors (Lipinski definition) is 4. The standard InChI is InChI=1S/C15H21N3O4/c1-2-22-13-5-3-12(4-6-13)18-10-11(9-14(18)20)17-15(21)16-7-8-19/h3-6,11,19H,2,7-10H2,1H3,(H2,16,17,21)/t11-/m0/s1. The quantitative estimate of drug-likeness (QED) is 0.713. The molecule has 0 bridgehead atoms. The second kappa shape index (κ2) is 7.65. The number of aliphatic hydroxyl groups excluding tert-OH is 1. The highest BCUT2D eigenvalue weighted by Crippen LogP contribution is 2.24. The number of carbonyl (C=O) groups is 2. The molecule has 0 unspecified atom stereocenters. The van der Waals surface area contributed by atoms with Crippen LogP contribution in [-0.2, 0) is 4.79 Å². The van der Waals surface area contributed by atoms with Crippen LogP contribution in [-0.4, -0.2) is 49.4 Å².